The first kappa shape index (κ1) is 17.9. The highest BCUT2D eigenvalue weighted by molar-refractivity contribution is 5.85. The largest absolute Gasteiger partial charge is 0.444 e. The SMILES string of the molecule is CCCCCN(C=O)c1ccc(NC(=O)OC(C)(C)C)cn1. The molecule has 0 unspecified atom stereocenters. The van der Waals surface area contributed by atoms with Gasteiger partial charge >= 0.3 is 6.09 Å². The second-order valence-corrected chi connectivity index (χ2v) is 6.04. The summed E-state index contributed by atoms with van der Waals surface area (Å²) in [5, 5.41) is 2.60. The maximum absolute atomic E-state index is 11.6. The molecule has 0 radical (unpaired) electrons. The number of unbranched alkanes of at least 4 members (excludes halogenated alkanes) is 2. The molecule has 1 aromatic heterocycles. The van der Waals surface area contributed by atoms with Crippen LogP contribution >= 0.6 is 0 Å². The summed E-state index contributed by atoms with van der Waals surface area (Å²) in [6.07, 6.45) is 4.86. The van der Waals surface area contributed by atoms with Gasteiger partial charge in [-0.2, -0.15) is 0 Å². The number of hydrogen-bond donors (Lipinski definition) is 1. The summed E-state index contributed by atoms with van der Waals surface area (Å²) in [7, 11) is 0. The Balaban J connectivity index is 2.61. The molecule has 1 heterocycles. The number of hydrogen-bond acceptors (Lipinski definition) is 4. The Labute approximate surface area is 131 Å². The Morgan fingerprint density at radius 1 is 1.36 bits per heavy atom. The van der Waals surface area contributed by atoms with E-state index in [1.54, 1.807) is 37.8 Å². The molecule has 0 bridgehead atoms. The van der Waals surface area contributed by atoms with Crippen molar-refractivity contribution in [3.63, 3.8) is 0 Å². The number of anilines is 2. The maximum Gasteiger partial charge on any atom is 0.412 e. The van der Waals surface area contributed by atoms with E-state index in [1.165, 1.54) is 6.20 Å². The minimum absolute atomic E-state index is 0.525. The zero-order valence-corrected chi connectivity index (χ0v) is 13.8. The van der Waals surface area contributed by atoms with E-state index in [1.807, 2.05) is 0 Å². The smallest absolute Gasteiger partial charge is 0.412 e. The van der Waals surface area contributed by atoms with Crippen LogP contribution in [0.2, 0.25) is 0 Å². The van der Waals surface area contributed by atoms with Gasteiger partial charge in [0.25, 0.3) is 0 Å². The Hall–Kier alpha value is -2.11. The van der Waals surface area contributed by atoms with Crippen LogP contribution in [-0.4, -0.2) is 29.6 Å². The highest BCUT2D eigenvalue weighted by Crippen LogP contribution is 2.15. The first-order valence-corrected chi connectivity index (χ1v) is 7.53. The molecule has 0 aliphatic carbocycles. The summed E-state index contributed by atoms with van der Waals surface area (Å²) < 4.78 is 5.16. The topological polar surface area (TPSA) is 71.5 Å². The van der Waals surface area contributed by atoms with Gasteiger partial charge in [0.1, 0.15) is 11.4 Å². The quantitative estimate of drug-likeness (QED) is 0.617. The van der Waals surface area contributed by atoms with Crippen LogP contribution in [-0.2, 0) is 9.53 Å². The van der Waals surface area contributed by atoms with Crippen molar-refractivity contribution in [2.45, 2.75) is 52.6 Å². The first-order chi connectivity index (χ1) is 10.4. The molecular weight excluding hydrogens is 282 g/mol. The Morgan fingerprint density at radius 3 is 2.59 bits per heavy atom. The third kappa shape index (κ3) is 6.56. The van der Waals surface area contributed by atoms with E-state index in [4.69, 9.17) is 4.74 Å². The van der Waals surface area contributed by atoms with Gasteiger partial charge in [0.15, 0.2) is 0 Å². The van der Waals surface area contributed by atoms with Crippen LogP contribution in [0.4, 0.5) is 16.3 Å². The second kappa shape index (κ2) is 8.36. The van der Waals surface area contributed by atoms with Gasteiger partial charge in [0, 0.05) is 6.54 Å². The van der Waals surface area contributed by atoms with E-state index in [0.717, 1.165) is 25.7 Å². The number of aromatic nitrogens is 1. The normalized spacial score (nSPS) is 10.9. The van der Waals surface area contributed by atoms with Crippen LogP contribution in [0, 0.1) is 0 Å². The van der Waals surface area contributed by atoms with E-state index >= 15 is 0 Å². The van der Waals surface area contributed by atoms with Gasteiger partial charge in [-0.05, 0) is 39.3 Å². The van der Waals surface area contributed by atoms with E-state index in [-0.39, 0.29) is 0 Å². The molecule has 0 aliphatic heterocycles. The van der Waals surface area contributed by atoms with Crippen LogP contribution in [0.1, 0.15) is 47.0 Å². The molecular formula is C16H25N3O3. The Morgan fingerprint density at radius 2 is 2.09 bits per heavy atom. The van der Waals surface area contributed by atoms with Crippen molar-refractivity contribution in [1.29, 1.82) is 0 Å². The van der Waals surface area contributed by atoms with Gasteiger partial charge in [-0.25, -0.2) is 9.78 Å². The summed E-state index contributed by atoms with van der Waals surface area (Å²) in [5.74, 6) is 0.570. The summed E-state index contributed by atoms with van der Waals surface area (Å²) in [6.45, 7) is 8.15. The Kier molecular flexibility index (Phi) is 6.82. The third-order valence-corrected chi connectivity index (χ3v) is 2.82. The maximum atomic E-state index is 11.6. The number of carbonyl (C=O) groups is 2. The van der Waals surface area contributed by atoms with Crippen molar-refractivity contribution in [1.82, 2.24) is 4.98 Å². The molecule has 1 N–H and O–H groups in total. The molecule has 0 aliphatic rings. The molecule has 22 heavy (non-hydrogen) atoms. The van der Waals surface area contributed by atoms with Crippen LogP contribution in [0.3, 0.4) is 0 Å². The zero-order valence-electron chi connectivity index (χ0n) is 13.8. The fraction of sp³-hybridized carbons (Fsp3) is 0.562. The lowest BCUT2D eigenvalue weighted by Gasteiger charge is -2.20. The molecule has 6 heteroatoms. The summed E-state index contributed by atoms with van der Waals surface area (Å²) >= 11 is 0. The molecule has 0 fully saturated rings. The molecule has 0 spiro atoms. The van der Waals surface area contributed by atoms with Crippen molar-refractivity contribution in [2.24, 2.45) is 0 Å². The molecule has 1 rings (SSSR count). The fourth-order valence-electron chi connectivity index (χ4n) is 1.80. The van der Waals surface area contributed by atoms with Gasteiger partial charge < -0.3 is 4.74 Å². The molecule has 0 saturated carbocycles. The van der Waals surface area contributed by atoms with E-state index in [0.29, 0.717) is 18.1 Å². The molecule has 1 aromatic rings. The van der Waals surface area contributed by atoms with Crippen LogP contribution < -0.4 is 10.2 Å². The molecule has 6 nitrogen and oxygen atoms in total. The van der Waals surface area contributed by atoms with Crippen LogP contribution in [0.25, 0.3) is 0 Å². The lowest BCUT2D eigenvalue weighted by molar-refractivity contribution is -0.107. The number of pyridine rings is 1. The van der Waals surface area contributed by atoms with Gasteiger partial charge in [-0.3, -0.25) is 15.0 Å². The summed E-state index contributed by atoms with van der Waals surface area (Å²) in [5.41, 5.74) is -0.0252. The average Bonchev–Trinajstić information content (AvgIpc) is 2.43. The van der Waals surface area contributed by atoms with Crippen molar-refractivity contribution in [2.75, 3.05) is 16.8 Å². The van der Waals surface area contributed by atoms with Gasteiger partial charge in [-0.15, -0.1) is 0 Å². The van der Waals surface area contributed by atoms with Gasteiger partial charge in [-0.1, -0.05) is 19.8 Å². The number of carbonyl (C=O) groups excluding carboxylic acids is 2. The number of ether oxygens (including phenoxy) is 1. The lowest BCUT2D eigenvalue weighted by atomic mass is 10.2. The monoisotopic (exact) mass is 307 g/mol. The lowest BCUT2D eigenvalue weighted by Crippen LogP contribution is -2.27. The van der Waals surface area contributed by atoms with E-state index < -0.39 is 11.7 Å². The first-order valence-electron chi connectivity index (χ1n) is 7.53. The minimum atomic E-state index is -0.551. The van der Waals surface area contributed by atoms with Crippen molar-refractivity contribution >= 4 is 24.0 Å². The predicted molar refractivity (Wildman–Crippen MR) is 87.0 cm³/mol. The van der Waals surface area contributed by atoms with Gasteiger partial charge in [0.05, 0.1) is 11.9 Å². The second-order valence-electron chi connectivity index (χ2n) is 6.04. The van der Waals surface area contributed by atoms with Crippen LogP contribution in [0.5, 0.6) is 0 Å². The van der Waals surface area contributed by atoms with Crippen molar-refractivity contribution in [3.8, 4) is 0 Å². The summed E-state index contributed by atoms with van der Waals surface area (Å²) in [4.78, 5) is 28.5. The number of nitrogens with zero attached hydrogens (tertiary/aromatic N) is 2. The molecule has 2 amide bonds. The number of amides is 2. The highest BCUT2D eigenvalue weighted by Gasteiger charge is 2.16. The minimum Gasteiger partial charge on any atom is -0.444 e. The molecule has 0 atom stereocenters. The van der Waals surface area contributed by atoms with E-state index in [9.17, 15) is 9.59 Å². The van der Waals surface area contributed by atoms with Crippen molar-refractivity contribution in [3.05, 3.63) is 18.3 Å². The predicted octanol–water partition coefficient (Wildman–Crippen LogP) is 3.58. The fourth-order valence-corrected chi connectivity index (χ4v) is 1.80. The molecule has 122 valence electrons. The summed E-state index contributed by atoms with van der Waals surface area (Å²) in [6, 6.07) is 3.40. The van der Waals surface area contributed by atoms with Crippen molar-refractivity contribution < 1.29 is 14.3 Å². The highest BCUT2D eigenvalue weighted by atomic mass is 16.6. The molecule has 0 aromatic carbocycles. The van der Waals surface area contributed by atoms with Gasteiger partial charge in [0.2, 0.25) is 6.41 Å². The standard InChI is InChI=1S/C16H25N3O3/c1-5-6-7-10-19(12-20)14-9-8-13(11-17-14)18-15(21)22-16(2,3)4/h8-9,11-12H,5-7,10H2,1-4H3,(H,18,21). The van der Waals surface area contributed by atoms with Crippen LogP contribution in [0.15, 0.2) is 18.3 Å². The third-order valence-electron chi connectivity index (χ3n) is 2.82. The Bertz CT molecular complexity index is 480. The number of rotatable bonds is 7. The van der Waals surface area contributed by atoms with E-state index in [2.05, 4.69) is 17.2 Å². The number of nitrogens with one attached hydrogen (secondary N) is 1. The zero-order chi connectivity index (χ0) is 16.6. The molecule has 0 saturated heterocycles. The average molecular weight is 307 g/mol.